The molecule has 0 spiro atoms. The van der Waals surface area contributed by atoms with Crippen LogP contribution in [0.25, 0.3) is 0 Å². The Morgan fingerprint density at radius 3 is 2.44 bits per heavy atom. The van der Waals surface area contributed by atoms with Crippen LogP contribution in [0.5, 0.6) is 5.75 Å². The Labute approximate surface area is 164 Å². The van der Waals surface area contributed by atoms with E-state index >= 15 is 0 Å². The lowest BCUT2D eigenvalue weighted by Gasteiger charge is -2.13. The van der Waals surface area contributed by atoms with Gasteiger partial charge in [-0.15, -0.1) is 5.10 Å². The molecule has 2 aromatic carbocycles. The van der Waals surface area contributed by atoms with Crippen LogP contribution in [0, 0.1) is 13.8 Å². The van der Waals surface area contributed by atoms with Gasteiger partial charge in [0.15, 0.2) is 5.82 Å². The maximum atomic E-state index is 6.35. The number of hydrogen-bond acceptors (Lipinski definition) is 6. The molecular weight excluding hydrogens is 362 g/mol. The van der Waals surface area contributed by atoms with Crippen molar-refractivity contribution in [1.82, 2.24) is 15.2 Å². The van der Waals surface area contributed by atoms with Gasteiger partial charge in [-0.2, -0.15) is 10.1 Å². The third-order valence-electron chi connectivity index (χ3n) is 3.73. The number of nitrogens with zero attached hydrogens (tertiary/aromatic N) is 3. The first-order valence-electron chi connectivity index (χ1n) is 8.68. The van der Waals surface area contributed by atoms with E-state index in [0.29, 0.717) is 16.8 Å². The van der Waals surface area contributed by atoms with Gasteiger partial charge in [-0.25, -0.2) is 0 Å². The lowest BCUT2D eigenvalue weighted by molar-refractivity contribution is 0.242. The summed E-state index contributed by atoms with van der Waals surface area (Å²) in [5.41, 5.74) is 3.79. The monoisotopic (exact) mass is 383 g/mol. The average molecular weight is 384 g/mol. The standard InChI is InChI=1S/C20H22ClN5O/c1-12(2)27-16-7-5-15(6-8-16)23-20-25-18(11-22-26-20)24-19-14(4)9-13(3)10-17(19)21/h5-12H,1-4H3,(H2,23,24,25,26). The summed E-state index contributed by atoms with van der Waals surface area (Å²) in [7, 11) is 0. The first-order chi connectivity index (χ1) is 12.9. The maximum Gasteiger partial charge on any atom is 0.249 e. The highest BCUT2D eigenvalue weighted by molar-refractivity contribution is 6.33. The quantitative estimate of drug-likeness (QED) is 0.592. The molecule has 0 aliphatic carbocycles. The summed E-state index contributed by atoms with van der Waals surface area (Å²) in [6.07, 6.45) is 1.69. The van der Waals surface area contributed by atoms with Crippen molar-refractivity contribution in [3.63, 3.8) is 0 Å². The van der Waals surface area contributed by atoms with Crippen molar-refractivity contribution in [1.29, 1.82) is 0 Å². The maximum absolute atomic E-state index is 6.35. The van der Waals surface area contributed by atoms with Gasteiger partial charge in [0, 0.05) is 5.69 Å². The molecule has 0 saturated carbocycles. The number of ether oxygens (including phenoxy) is 1. The molecule has 0 amide bonds. The zero-order valence-corrected chi connectivity index (χ0v) is 16.5. The molecular formula is C20H22ClN5O. The summed E-state index contributed by atoms with van der Waals surface area (Å²) in [6, 6.07) is 11.6. The van der Waals surface area contributed by atoms with E-state index in [2.05, 4.69) is 31.9 Å². The number of anilines is 4. The smallest absolute Gasteiger partial charge is 0.249 e. The lowest BCUT2D eigenvalue weighted by Crippen LogP contribution is -2.05. The van der Waals surface area contributed by atoms with Crippen LogP contribution in [0.4, 0.5) is 23.1 Å². The summed E-state index contributed by atoms with van der Waals surface area (Å²) in [5.74, 6) is 1.76. The zero-order valence-electron chi connectivity index (χ0n) is 15.7. The zero-order chi connectivity index (χ0) is 19.4. The van der Waals surface area contributed by atoms with Crippen LogP contribution in [0.1, 0.15) is 25.0 Å². The summed E-state index contributed by atoms with van der Waals surface area (Å²) >= 11 is 6.35. The second-order valence-electron chi connectivity index (χ2n) is 6.54. The van der Waals surface area contributed by atoms with E-state index in [-0.39, 0.29) is 6.10 Å². The van der Waals surface area contributed by atoms with E-state index in [9.17, 15) is 0 Å². The molecule has 0 unspecified atom stereocenters. The lowest BCUT2D eigenvalue weighted by atomic mass is 10.1. The van der Waals surface area contributed by atoms with Crippen LogP contribution in [-0.2, 0) is 0 Å². The minimum absolute atomic E-state index is 0.135. The molecule has 0 aliphatic heterocycles. The molecule has 2 N–H and O–H groups in total. The Morgan fingerprint density at radius 1 is 1.04 bits per heavy atom. The fourth-order valence-corrected chi connectivity index (χ4v) is 3.01. The van der Waals surface area contributed by atoms with E-state index in [1.165, 1.54) is 0 Å². The van der Waals surface area contributed by atoms with Crippen molar-refractivity contribution in [3.8, 4) is 5.75 Å². The normalized spacial score (nSPS) is 10.7. The first kappa shape index (κ1) is 18.9. The Bertz CT molecular complexity index is 905. The van der Waals surface area contributed by atoms with Gasteiger partial charge in [0.1, 0.15) is 5.75 Å². The van der Waals surface area contributed by atoms with E-state index < -0.39 is 0 Å². The van der Waals surface area contributed by atoms with Crippen LogP contribution in [0.2, 0.25) is 5.02 Å². The Morgan fingerprint density at radius 2 is 1.78 bits per heavy atom. The Hall–Kier alpha value is -2.86. The molecule has 0 atom stereocenters. The fourth-order valence-electron chi connectivity index (χ4n) is 2.64. The minimum Gasteiger partial charge on any atom is -0.491 e. The predicted octanol–water partition coefficient (Wildman–Crippen LogP) is 5.42. The molecule has 0 fully saturated rings. The van der Waals surface area contributed by atoms with E-state index in [0.717, 1.165) is 28.3 Å². The molecule has 1 heterocycles. The highest BCUT2D eigenvalue weighted by Gasteiger charge is 2.08. The first-order valence-corrected chi connectivity index (χ1v) is 9.06. The van der Waals surface area contributed by atoms with E-state index in [4.69, 9.17) is 16.3 Å². The van der Waals surface area contributed by atoms with Gasteiger partial charge in [0.2, 0.25) is 5.95 Å². The summed E-state index contributed by atoms with van der Waals surface area (Å²) in [6.45, 7) is 7.99. The van der Waals surface area contributed by atoms with Crippen molar-refractivity contribution >= 4 is 34.7 Å². The van der Waals surface area contributed by atoms with Crippen LogP contribution in [-0.4, -0.2) is 21.3 Å². The highest BCUT2D eigenvalue weighted by atomic mass is 35.5. The predicted molar refractivity (Wildman–Crippen MR) is 110 cm³/mol. The molecule has 0 aliphatic rings. The molecule has 140 valence electrons. The van der Waals surface area contributed by atoms with Crippen LogP contribution in [0.3, 0.4) is 0 Å². The van der Waals surface area contributed by atoms with Crippen molar-refractivity contribution in [2.45, 2.75) is 33.8 Å². The number of aryl methyl sites for hydroxylation is 2. The Balaban J connectivity index is 1.74. The number of rotatable bonds is 6. The molecule has 0 radical (unpaired) electrons. The van der Waals surface area contributed by atoms with Crippen molar-refractivity contribution in [2.24, 2.45) is 0 Å². The van der Waals surface area contributed by atoms with Gasteiger partial charge in [-0.3, -0.25) is 0 Å². The number of aromatic nitrogens is 3. The summed E-state index contributed by atoms with van der Waals surface area (Å²) in [5, 5.41) is 15.0. The van der Waals surface area contributed by atoms with Gasteiger partial charge >= 0.3 is 0 Å². The van der Waals surface area contributed by atoms with Gasteiger partial charge in [-0.05, 0) is 69.2 Å². The molecule has 3 rings (SSSR count). The van der Waals surface area contributed by atoms with Gasteiger partial charge < -0.3 is 15.4 Å². The number of halogens is 1. The minimum atomic E-state index is 0.135. The second-order valence-corrected chi connectivity index (χ2v) is 6.95. The number of benzene rings is 2. The molecule has 0 saturated heterocycles. The van der Waals surface area contributed by atoms with Crippen LogP contribution in [0.15, 0.2) is 42.6 Å². The van der Waals surface area contributed by atoms with Gasteiger partial charge in [-0.1, -0.05) is 17.7 Å². The molecule has 0 bridgehead atoms. The molecule has 1 aromatic heterocycles. The van der Waals surface area contributed by atoms with E-state index in [1.807, 2.05) is 58.0 Å². The van der Waals surface area contributed by atoms with Crippen LogP contribution >= 0.6 is 11.6 Å². The summed E-state index contributed by atoms with van der Waals surface area (Å²) < 4.78 is 5.64. The van der Waals surface area contributed by atoms with Crippen molar-refractivity contribution < 1.29 is 4.74 Å². The van der Waals surface area contributed by atoms with Crippen molar-refractivity contribution in [3.05, 3.63) is 58.7 Å². The molecule has 7 heteroatoms. The molecule has 27 heavy (non-hydrogen) atoms. The largest absolute Gasteiger partial charge is 0.491 e. The number of nitrogens with one attached hydrogen (secondary N) is 2. The fraction of sp³-hybridized carbons (Fsp3) is 0.250. The summed E-state index contributed by atoms with van der Waals surface area (Å²) in [4.78, 5) is 4.45. The second kappa shape index (κ2) is 8.22. The molecule has 6 nitrogen and oxygen atoms in total. The van der Waals surface area contributed by atoms with Crippen molar-refractivity contribution in [2.75, 3.05) is 10.6 Å². The Kier molecular flexibility index (Phi) is 5.76. The molecule has 3 aromatic rings. The topological polar surface area (TPSA) is 72.0 Å². The highest BCUT2D eigenvalue weighted by Crippen LogP contribution is 2.29. The van der Waals surface area contributed by atoms with Crippen LogP contribution < -0.4 is 15.4 Å². The van der Waals surface area contributed by atoms with Gasteiger partial charge in [0.05, 0.1) is 23.0 Å². The third kappa shape index (κ3) is 5.08. The SMILES string of the molecule is Cc1cc(C)c(Nc2cnnc(Nc3ccc(OC(C)C)cc3)n2)c(Cl)c1. The van der Waals surface area contributed by atoms with E-state index in [1.54, 1.807) is 6.20 Å². The average Bonchev–Trinajstić information content (AvgIpc) is 2.60. The number of hydrogen-bond donors (Lipinski definition) is 2. The van der Waals surface area contributed by atoms with Gasteiger partial charge in [0.25, 0.3) is 0 Å². The third-order valence-corrected chi connectivity index (χ3v) is 4.02.